The Hall–Kier alpha value is -3.57. The highest BCUT2D eigenvalue weighted by molar-refractivity contribution is 7.89. The molecule has 2 aliphatic carbocycles. The van der Waals surface area contributed by atoms with Gasteiger partial charge in [0.25, 0.3) is 5.69 Å². The van der Waals surface area contributed by atoms with Crippen LogP contribution in [0.4, 0.5) is 30.6 Å². The summed E-state index contributed by atoms with van der Waals surface area (Å²) in [7, 11) is -4.43. The number of hydrogen-bond acceptors (Lipinski definition) is 10. The van der Waals surface area contributed by atoms with Gasteiger partial charge in [0.15, 0.2) is 21.9 Å². The highest BCUT2D eigenvalue weighted by Crippen LogP contribution is 2.37. The minimum Gasteiger partial charge on any atom is -0.365 e. The molecule has 3 fully saturated rings. The number of fused-ring (bicyclic) bond motifs is 1. The molecule has 3 aliphatic rings. The van der Waals surface area contributed by atoms with Gasteiger partial charge in [-0.1, -0.05) is 12.8 Å². The van der Waals surface area contributed by atoms with Gasteiger partial charge >= 0.3 is 6.18 Å². The summed E-state index contributed by atoms with van der Waals surface area (Å²) in [6.45, 7) is 0.0205. The van der Waals surface area contributed by atoms with E-state index in [0.29, 0.717) is 48.3 Å². The molecular formula is C28H36F3N9O4S. The number of nitro groups is 1. The lowest BCUT2D eigenvalue weighted by Crippen LogP contribution is -2.42. The van der Waals surface area contributed by atoms with E-state index in [-0.39, 0.29) is 37.3 Å². The van der Waals surface area contributed by atoms with Crippen LogP contribution in [-0.2, 0) is 16.2 Å². The zero-order valence-electron chi connectivity index (χ0n) is 24.5. The normalized spacial score (nSPS) is 22.6. The third kappa shape index (κ3) is 6.56. The summed E-state index contributed by atoms with van der Waals surface area (Å²) in [6.07, 6.45) is 5.68. The first-order chi connectivity index (χ1) is 21.4. The van der Waals surface area contributed by atoms with E-state index in [1.54, 1.807) is 6.33 Å². The van der Waals surface area contributed by atoms with Crippen LogP contribution in [0, 0.1) is 10.1 Å². The van der Waals surface area contributed by atoms with Gasteiger partial charge in [-0.05, 0) is 63.5 Å². The van der Waals surface area contributed by atoms with E-state index in [4.69, 9.17) is 15.7 Å². The van der Waals surface area contributed by atoms with Gasteiger partial charge in [-0.25, -0.2) is 13.4 Å². The minimum absolute atomic E-state index is 0.0103. The quantitative estimate of drug-likeness (QED) is 0.226. The second kappa shape index (κ2) is 12.3. The number of nitrogens with zero attached hydrogens (tertiary/aromatic N) is 6. The number of nitrogens with two attached hydrogens (primary N) is 1. The van der Waals surface area contributed by atoms with Crippen molar-refractivity contribution in [1.82, 2.24) is 23.8 Å². The van der Waals surface area contributed by atoms with Crippen LogP contribution in [-0.4, -0.2) is 68.4 Å². The molecule has 6 rings (SSSR count). The van der Waals surface area contributed by atoms with E-state index >= 15 is 0 Å². The SMILES string of the molecule is N[C@H]1CC[C@H](Nc2nc(NC3CCN(S(=O)(=O)c4ccc(C(F)(F)F)cc4[N+](=O)[O-])CC3)c3ncn(C4CCCC4)c3n2)CC1. The standard InChI is InChI=1S/C28H36F3N9O4S/c29-28(30,31)17-5-10-23(22(15-17)40(41)42)45(43,44)38-13-11-20(12-14-38)34-25-24-26(39(16-33-24)21-3-1-2-4-21)37-27(36-25)35-19-8-6-18(32)7-9-19/h5,10,15-16,18-21H,1-4,6-9,11-14,32H2,(H2,34,35,36,37)/t18-,19-. The van der Waals surface area contributed by atoms with Crippen LogP contribution >= 0.6 is 0 Å². The molecule has 0 radical (unpaired) electrons. The van der Waals surface area contributed by atoms with E-state index in [0.717, 1.165) is 61.3 Å². The number of anilines is 2. The van der Waals surface area contributed by atoms with Crippen LogP contribution in [0.15, 0.2) is 29.4 Å². The maximum Gasteiger partial charge on any atom is 0.416 e. The molecule has 13 nitrogen and oxygen atoms in total. The third-order valence-corrected chi connectivity index (χ3v) is 11.1. The zero-order valence-corrected chi connectivity index (χ0v) is 25.4. The van der Waals surface area contributed by atoms with Crippen molar-refractivity contribution >= 4 is 38.6 Å². The number of hydrogen-bond donors (Lipinski definition) is 3. The molecule has 0 atom stereocenters. The molecule has 244 valence electrons. The molecule has 1 aromatic carbocycles. The van der Waals surface area contributed by atoms with E-state index in [1.165, 1.54) is 0 Å². The highest BCUT2D eigenvalue weighted by Gasteiger charge is 2.38. The van der Waals surface area contributed by atoms with E-state index in [9.17, 15) is 31.7 Å². The summed E-state index contributed by atoms with van der Waals surface area (Å²) >= 11 is 0. The van der Waals surface area contributed by atoms with Crippen molar-refractivity contribution in [3.8, 4) is 0 Å². The smallest absolute Gasteiger partial charge is 0.365 e. The topological polar surface area (TPSA) is 174 Å². The molecule has 0 spiro atoms. The molecule has 0 bridgehead atoms. The number of piperidine rings is 1. The largest absolute Gasteiger partial charge is 0.416 e. The third-order valence-electron chi connectivity index (χ3n) is 9.14. The molecule has 3 heterocycles. The molecule has 1 saturated heterocycles. The number of benzene rings is 1. The Bertz CT molecular complexity index is 1660. The molecule has 0 amide bonds. The molecule has 2 saturated carbocycles. The van der Waals surface area contributed by atoms with Crippen LogP contribution in [0.3, 0.4) is 0 Å². The average molecular weight is 652 g/mol. The number of nitrogens with one attached hydrogen (secondary N) is 2. The first-order valence-corrected chi connectivity index (χ1v) is 16.7. The average Bonchev–Trinajstić information content (AvgIpc) is 3.68. The Morgan fingerprint density at radius 2 is 1.62 bits per heavy atom. The summed E-state index contributed by atoms with van der Waals surface area (Å²) in [5, 5.41) is 18.5. The molecule has 4 N–H and O–H groups in total. The van der Waals surface area contributed by atoms with Gasteiger partial charge in [0.05, 0.1) is 16.8 Å². The lowest BCUT2D eigenvalue weighted by Gasteiger charge is -2.32. The van der Waals surface area contributed by atoms with Crippen LogP contribution in [0.1, 0.15) is 75.8 Å². The maximum atomic E-state index is 13.4. The Kier molecular flexibility index (Phi) is 8.60. The Labute approximate surface area is 258 Å². The van der Waals surface area contributed by atoms with Crippen LogP contribution in [0.25, 0.3) is 11.2 Å². The highest BCUT2D eigenvalue weighted by atomic mass is 32.2. The molecule has 17 heteroatoms. The Balaban J connectivity index is 1.21. The second-order valence-corrected chi connectivity index (χ2v) is 14.1. The van der Waals surface area contributed by atoms with Crippen LogP contribution < -0.4 is 16.4 Å². The fourth-order valence-electron chi connectivity index (χ4n) is 6.60. The maximum absolute atomic E-state index is 13.4. The Morgan fingerprint density at radius 1 is 0.956 bits per heavy atom. The van der Waals surface area contributed by atoms with Crippen LogP contribution in [0.2, 0.25) is 0 Å². The summed E-state index contributed by atoms with van der Waals surface area (Å²) < 4.78 is 69.4. The van der Waals surface area contributed by atoms with Crippen molar-refractivity contribution in [1.29, 1.82) is 0 Å². The lowest BCUT2D eigenvalue weighted by atomic mass is 9.92. The molecule has 1 aliphatic heterocycles. The minimum atomic E-state index is -4.85. The molecule has 3 aromatic rings. The number of nitro benzene ring substituents is 1. The lowest BCUT2D eigenvalue weighted by molar-refractivity contribution is -0.388. The summed E-state index contributed by atoms with van der Waals surface area (Å²) in [5.74, 6) is 1.02. The van der Waals surface area contributed by atoms with Gasteiger partial charge in [-0.15, -0.1) is 0 Å². The van der Waals surface area contributed by atoms with Gasteiger partial charge in [0.1, 0.15) is 0 Å². The van der Waals surface area contributed by atoms with Gasteiger partial charge < -0.3 is 20.9 Å². The summed E-state index contributed by atoms with van der Waals surface area (Å²) in [6, 6.07) is 1.97. The first-order valence-electron chi connectivity index (χ1n) is 15.3. The van der Waals surface area contributed by atoms with Crippen molar-refractivity contribution in [2.24, 2.45) is 5.73 Å². The van der Waals surface area contributed by atoms with Crippen molar-refractivity contribution in [3.63, 3.8) is 0 Å². The molecule has 45 heavy (non-hydrogen) atoms. The second-order valence-electron chi connectivity index (χ2n) is 12.2. The molecule has 0 unspecified atom stereocenters. The van der Waals surface area contributed by atoms with Gasteiger partial charge in [0, 0.05) is 43.3 Å². The van der Waals surface area contributed by atoms with E-state index in [1.807, 2.05) is 0 Å². The number of rotatable bonds is 8. The van der Waals surface area contributed by atoms with Crippen LogP contribution in [0.5, 0.6) is 0 Å². The number of alkyl halides is 3. The Morgan fingerprint density at radius 3 is 2.27 bits per heavy atom. The van der Waals surface area contributed by atoms with Gasteiger partial charge in [-0.2, -0.15) is 27.4 Å². The number of aromatic nitrogens is 4. The fourth-order valence-corrected chi connectivity index (χ4v) is 8.21. The van der Waals surface area contributed by atoms with E-state index in [2.05, 4.69) is 20.2 Å². The predicted molar refractivity (Wildman–Crippen MR) is 160 cm³/mol. The number of sulfonamides is 1. The van der Waals surface area contributed by atoms with Gasteiger partial charge in [-0.3, -0.25) is 10.1 Å². The van der Waals surface area contributed by atoms with Gasteiger partial charge in [0.2, 0.25) is 16.0 Å². The molecular weight excluding hydrogens is 615 g/mol. The van der Waals surface area contributed by atoms with Crippen molar-refractivity contribution < 1.29 is 26.5 Å². The monoisotopic (exact) mass is 651 g/mol. The fraction of sp³-hybridized carbons (Fsp3) is 0.607. The van der Waals surface area contributed by atoms with Crippen molar-refractivity contribution in [2.75, 3.05) is 23.7 Å². The summed E-state index contributed by atoms with van der Waals surface area (Å²) in [5.41, 5.74) is 5.04. The van der Waals surface area contributed by atoms with E-state index < -0.39 is 37.3 Å². The number of imidazole rings is 1. The number of halogens is 3. The first kappa shape index (κ1) is 31.4. The predicted octanol–water partition coefficient (Wildman–Crippen LogP) is 4.82. The zero-order chi connectivity index (χ0) is 31.9. The van der Waals surface area contributed by atoms with Crippen molar-refractivity contribution in [2.45, 2.75) is 99.4 Å². The van der Waals surface area contributed by atoms with Crippen molar-refractivity contribution in [3.05, 3.63) is 40.2 Å². The summed E-state index contributed by atoms with van der Waals surface area (Å²) in [4.78, 5) is 24.0. The molecule has 2 aromatic heterocycles.